The second-order valence-corrected chi connectivity index (χ2v) is 6.79. The van der Waals surface area contributed by atoms with Crippen molar-refractivity contribution in [3.8, 4) is 0 Å². The molecule has 1 saturated heterocycles. The Balaban J connectivity index is 1.73. The molecule has 27 heavy (non-hydrogen) atoms. The van der Waals surface area contributed by atoms with E-state index in [1.165, 1.54) is 0 Å². The standard InChI is InChI=1S/C19H28N4O4/c1-4-27-19(26)23-11-9-22(10-12-23)18(25)14-21(3)13-17(24)20-16-7-5-15(2)6-8-16/h5-8H,4,9-14H2,1-3H3,(H,20,24)/p+1. The summed E-state index contributed by atoms with van der Waals surface area (Å²) in [6.45, 7) is 6.46. The fourth-order valence-corrected chi connectivity index (χ4v) is 2.90. The Morgan fingerprint density at radius 2 is 1.63 bits per heavy atom. The number of nitrogens with one attached hydrogen (secondary N) is 2. The smallest absolute Gasteiger partial charge is 0.409 e. The molecule has 0 aromatic heterocycles. The Kier molecular flexibility index (Phi) is 7.60. The van der Waals surface area contributed by atoms with Gasteiger partial charge in [-0.1, -0.05) is 17.7 Å². The van der Waals surface area contributed by atoms with Crippen molar-refractivity contribution in [3.05, 3.63) is 29.8 Å². The van der Waals surface area contributed by atoms with Crippen LogP contribution in [0.1, 0.15) is 12.5 Å². The highest BCUT2D eigenvalue weighted by molar-refractivity contribution is 5.91. The quantitative estimate of drug-likeness (QED) is 0.716. The highest BCUT2D eigenvalue weighted by Crippen LogP contribution is 2.08. The van der Waals surface area contributed by atoms with E-state index in [-0.39, 0.29) is 31.0 Å². The number of aryl methyl sites for hydroxylation is 1. The zero-order chi connectivity index (χ0) is 19.8. The van der Waals surface area contributed by atoms with Crippen LogP contribution in [0.2, 0.25) is 0 Å². The molecule has 0 spiro atoms. The number of anilines is 1. The fourth-order valence-electron chi connectivity index (χ4n) is 2.90. The number of likely N-dealkylation sites (N-methyl/N-ethyl adjacent to an activating group) is 1. The van der Waals surface area contributed by atoms with Crippen LogP contribution in [-0.4, -0.2) is 80.6 Å². The average molecular weight is 377 g/mol. The molecule has 0 aliphatic carbocycles. The number of nitrogens with zero attached hydrogens (tertiary/aromatic N) is 2. The van der Waals surface area contributed by atoms with Crippen LogP contribution in [0.4, 0.5) is 10.5 Å². The van der Waals surface area contributed by atoms with Crippen molar-refractivity contribution in [2.75, 3.05) is 58.2 Å². The molecule has 0 bridgehead atoms. The molecule has 1 unspecified atom stereocenters. The number of ether oxygens (including phenoxy) is 1. The maximum absolute atomic E-state index is 12.4. The van der Waals surface area contributed by atoms with Crippen LogP contribution in [0.25, 0.3) is 0 Å². The molecule has 8 nitrogen and oxygen atoms in total. The monoisotopic (exact) mass is 377 g/mol. The van der Waals surface area contributed by atoms with E-state index in [1.807, 2.05) is 38.2 Å². The molecule has 1 aromatic rings. The SMILES string of the molecule is CCOC(=O)N1CCN(C(=O)C[NH+](C)CC(=O)Nc2ccc(C)cc2)CC1. The largest absolute Gasteiger partial charge is 0.450 e. The normalized spacial score (nSPS) is 15.2. The van der Waals surface area contributed by atoms with Gasteiger partial charge >= 0.3 is 6.09 Å². The summed E-state index contributed by atoms with van der Waals surface area (Å²) in [5.74, 6) is -0.143. The topological polar surface area (TPSA) is 83.4 Å². The number of amides is 3. The molecule has 1 fully saturated rings. The zero-order valence-corrected chi connectivity index (χ0v) is 16.3. The van der Waals surface area contributed by atoms with Gasteiger partial charge in [0, 0.05) is 31.9 Å². The molecule has 1 heterocycles. The molecule has 1 aromatic carbocycles. The summed E-state index contributed by atoms with van der Waals surface area (Å²) in [5, 5.41) is 2.84. The van der Waals surface area contributed by atoms with Gasteiger partial charge in [-0.2, -0.15) is 0 Å². The maximum Gasteiger partial charge on any atom is 0.409 e. The van der Waals surface area contributed by atoms with E-state index in [2.05, 4.69) is 5.32 Å². The third kappa shape index (κ3) is 6.56. The van der Waals surface area contributed by atoms with Crippen molar-refractivity contribution in [3.63, 3.8) is 0 Å². The Bertz CT molecular complexity index is 654. The molecule has 1 aliphatic rings. The van der Waals surface area contributed by atoms with Crippen molar-refractivity contribution in [2.24, 2.45) is 0 Å². The van der Waals surface area contributed by atoms with Crippen molar-refractivity contribution in [1.82, 2.24) is 9.80 Å². The molecule has 3 amide bonds. The van der Waals surface area contributed by atoms with Crippen LogP contribution in [0.3, 0.4) is 0 Å². The predicted molar refractivity (Wildman–Crippen MR) is 102 cm³/mol. The van der Waals surface area contributed by atoms with Gasteiger partial charge in [-0.05, 0) is 26.0 Å². The Morgan fingerprint density at radius 1 is 1.04 bits per heavy atom. The second kappa shape index (κ2) is 9.91. The van der Waals surface area contributed by atoms with E-state index in [1.54, 1.807) is 16.7 Å². The first-order valence-corrected chi connectivity index (χ1v) is 9.26. The number of hydrogen-bond donors (Lipinski definition) is 2. The van der Waals surface area contributed by atoms with E-state index >= 15 is 0 Å². The van der Waals surface area contributed by atoms with Gasteiger partial charge in [-0.15, -0.1) is 0 Å². The first-order valence-electron chi connectivity index (χ1n) is 9.26. The van der Waals surface area contributed by atoms with Crippen LogP contribution in [0.5, 0.6) is 0 Å². The third-order valence-electron chi connectivity index (χ3n) is 4.41. The molecule has 0 saturated carbocycles. The van der Waals surface area contributed by atoms with E-state index in [9.17, 15) is 14.4 Å². The Hall–Kier alpha value is -2.61. The summed E-state index contributed by atoms with van der Waals surface area (Å²) < 4.78 is 4.98. The highest BCUT2D eigenvalue weighted by atomic mass is 16.6. The molecule has 8 heteroatoms. The van der Waals surface area contributed by atoms with Crippen LogP contribution < -0.4 is 10.2 Å². The summed E-state index contributed by atoms with van der Waals surface area (Å²) in [4.78, 5) is 40.4. The van der Waals surface area contributed by atoms with Crippen molar-refractivity contribution >= 4 is 23.6 Å². The van der Waals surface area contributed by atoms with Gasteiger partial charge in [0.05, 0.1) is 13.7 Å². The third-order valence-corrected chi connectivity index (χ3v) is 4.41. The van der Waals surface area contributed by atoms with E-state index in [0.29, 0.717) is 32.8 Å². The van der Waals surface area contributed by atoms with Crippen LogP contribution in [0, 0.1) is 6.92 Å². The van der Waals surface area contributed by atoms with Crippen molar-refractivity contribution in [2.45, 2.75) is 13.8 Å². The van der Waals surface area contributed by atoms with Crippen molar-refractivity contribution < 1.29 is 24.0 Å². The minimum Gasteiger partial charge on any atom is -0.450 e. The van der Waals surface area contributed by atoms with Gasteiger partial charge in [0.15, 0.2) is 13.1 Å². The molecule has 1 aliphatic heterocycles. The number of hydrogen-bond acceptors (Lipinski definition) is 4. The van der Waals surface area contributed by atoms with Gasteiger partial charge in [0.2, 0.25) is 0 Å². The molecule has 0 radical (unpaired) electrons. The van der Waals surface area contributed by atoms with Crippen LogP contribution >= 0.6 is 0 Å². The van der Waals surface area contributed by atoms with E-state index in [4.69, 9.17) is 4.74 Å². The molecule has 2 rings (SSSR count). The van der Waals surface area contributed by atoms with E-state index in [0.717, 1.165) is 16.2 Å². The first-order chi connectivity index (χ1) is 12.9. The number of quaternary nitrogens is 1. The number of benzene rings is 1. The summed E-state index contributed by atoms with van der Waals surface area (Å²) in [6, 6.07) is 7.59. The predicted octanol–water partition coefficient (Wildman–Crippen LogP) is -0.251. The minimum absolute atomic E-state index is 0.0147. The molecule has 148 valence electrons. The van der Waals surface area contributed by atoms with Crippen molar-refractivity contribution in [1.29, 1.82) is 0 Å². The second-order valence-electron chi connectivity index (χ2n) is 6.79. The Morgan fingerprint density at radius 3 is 2.22 bits per heavy atom. The first kappa shape index (κ1) is 20.7. The molecular formula is C19H29N4O4+. The average Bonchev–Trinajstić information content (AvgIpc) is 2.63. The maximum atomic E-state index is 12.4. The Labute approximate surface area is 160 Å². The fraction of sp³-hybridized carbons (Fsp3) is 0.526. The number of piperazine rings is 1. The van der Waals surface area contributed by atoms with Gasteiger partial charge in [0.25, 0.3) is 11.8 Å². The lowest BCUT2D eigenvalue weighted by molar-refractivity contribution is -0.862. The highest BCUT2D eigenvalue weighted by Gasteiger charge is 2.26. The number of rotatable bonds is 6. The molecule has 2 N–H and O–H groups in total. The van der Waals surface area contributed by atoms with Gasteiger partial charge < -0.3 is 24.8 Å². The number of carbonyl (C=O) groups excluding carboxylic acids is 3. The zero-order valence-electron chi connectivity index (χ0n) is 16.3. The van der Waals surface area contributed by atoms with Gasteiger partial charge in [0.1, 0.15) is 0 Å². The molecular weight excluding hydrogens is 348 g/mol. The summed E-state index contributed by atoms with van der Waals surface area (Å²) >= 11 is 0. The summed E-state index contributed by atoms with van der Waals surface area (Å²) in [5.41, 5.74) is 1.88. The van der Waals surface area contributed by atoms with Crippen LogP contribution in [-0.2, 0) is 14.3 Å². The molecule has 1 atom stereocenters. The summed E-state index contributed by atoms with van der Waals surface area (Å²) in [6.07, 6.45) is -0.333. The lowest BCUT2D eigenvalue weighted by Gasteiger charge is -2.34. The van der Waals surface area contributed by atoms with Gasteiger partial charge in [-0.25, -0.2) is 4.79 Å². The minimum atomic E-state index is -0.333. The summed E-state index contributed by atoms with van der Waals surface area (Å²) in [7, 11) is 1.82. The van der Waals surface area contributed by atoms with E-state index < -0.39 is 0 Å². The lowest BCUT2D eigenvalue weighted by Crippen LogP contribution is -3.11. The van der Waals surface area contributed by atoms with Crippen LogP contribution in [0.15, 0.2) is 24.3 Å². The van der Waals surface area contributed by atoms with Gasteiger partial charge in [-0.3, -0.25) is 9.59 Å². The number of carbonyl (C=O) groups is 3. The lowest BCUT2D eigenvalue weighted by atomic mass is 10.2.